The van der Waals surface area contributed by atoms with Crippen molar-refractivity contribution in [1.29, 1.82) is 0 Å². The number of carbonyl (C=O) groups excluding carboxylic acids is 2. The van der Waals surface area contributed by atoms with Crippen LogP contribution in [0.4, 0.5) is 0 Å². The van der Waals surface area contributed by atoms with Crippen LogP contribution in [0.1, 0.15) is 41.6 Å². The van der Waals surface area contributed by atoms with Gasteiger partial charge in [-0.05, 0) is 26.7 Å². The predicted molar refractivity (Wildman–Crippen MR) is 119 cm³/mol. The molecule has 1 saturated heterocycles. The van der Waals surface area contributed by atoms with Gasteiger partial charge in [0.1, 0.15) is 17.1 Å². The van der Waals surface area contributed by atoms with E-state index in [-0.39, 0.29) is 24.1 Å². The average molecular weight is 434 g/mol. The van der Waals surface area contributed by atoms with Crippen LogP contribution >= 0.6 is 0 Å². The first-order valence-electron chi connectivity index (χ1n) is 10.9. The number of nitrogens with zero attached hydrogens (tertiary/aromatic N) is 4. The van der Waals surface area contributed by atoms with E-state index in [2.05, 4.69) is 20.4 Å². The van der Waals surface area contributed by atoms with Gasteiger partial charge in [0.05, 0.1) is 11.6 Å². The number of benzene rings is 1. The van der Waals surface area contributed by atoms with Crippen molar-refractivity contribution < 1.29 is 14.1 Å². The van der Waals surface area contributed by atoms with E-state index in [9.17, 15) is 9.59 Å². The Morgan fingerprint density at radius 2 is 2.03 bits per heavy atom. The fourth-order valence-electron chi connectivity index (χ4n) is 4.22. The normalized spacial score (nSPS) is 18.4. The summed E-state index contributed by atoms with van der Waals surface area (Å²) in [7, 11) is 0. The Morgan fingerprint density at radius 3 is 2.75 bits per heavy atom. The van der Waals surface area contributed by atoms with E-state index < -0.39 is 5.41 Å². The number of piperidine rings is 1. The van der Waals surface area contributed by atoms with E-state index in [4.69, 9.17) is 4.52 Å². The summed E-state index contributed by atoms with van der Waals surface area (Å²) in [6, 6.07) is 9.93. The maximum Gasteiger partial charge on any atom is 0.274 e. The smallest absolute Gasteiger partial charge is 0.274 e. The molecule has 0 spiro atoms. The molecule has 2 amide bonds. The second-order valence-electron chi connectivity index (χ2n) is 8.28. The highest BCUT2D eigenvalue weighted by molar-refractivity contribution is 5.93. The maximum atomic E-state index is 13.2. The predicted octanol–water partition coefficient (Wildman–Crippen LogP) is 3.04. The minimum Gasteiger partial charge on any atom is -0.361 e. The summed E-state index contributed by atoms with van der Waals surface area (Å²) in [5, 5.41) is 7.17. The number of aromatic nitrogens is 3. The number of rotatable bonds is 6. The van der Waals surface area contributed by atoms with Crippen molar-refractivity contribution in [1.82, 2.24) is 25.3 Å². The molecule has 166 valence electrons. The minimum atomic E-state index is -0.795. The van der Waals surface area contributed by atoms with Crippen molar-refractivity contribution in [2.45, 2.75) is 33.1 Å². The summed E-state index contributed by atoms with van der Waals surface area (Å²) in [6.45, 7) is 5.30. The molecule has 32 heavy (non-hydrogen) atoms. The van der Waals surface area contributed by atoms with Crippen LogP contribution in [0.25, 0.3) is 11.3 Å². The highest BCUT2D eigenvalue weighted by Crippen LogP contribution is 2.35. The van der Waals surface area contributed by atoms with Crippen molar-refractivity contribution in [2.75, 3.05) is 19.6 Å². The molecule has 8 heteroatoms. The largest absolute Gasteiger partial charge is 0.361 e. The molecule has 0 bridgehead atoms. The van der Waals surface area contributed by atoms with Gasteiger partial charge >= 0.3 is 0 Å². The second kappa shape index (κ2) is 9.30. The molecule has 2 aromatic heterocycles. The Morgan fingerprint density at radius 1 is 1.22 bits per heavy atom. The zero-order chi connectivity index (χ0) is 22.6. The lowest BCUT2D eigenvalue weighted by atomic mass is 9.75. The molecule has 0 radical (unpaired) electrons. The molecule has 1 N–H and O–H groups in total. The Balaban J connectivity index is 1.59. The molecule has 4 rings (SSSR count). The standard InChI is InChI=1S/C24H27N5O3/c1-3-26-23(31)24(9-4-12-29(16-24)22(30)21-15-25-10-11-27-21)14-19-13-20(28-32-19)18-7-5-17(2)6-8-18/h5-8,10-11,13,15H,3-4,9,12,14,16H2,1-2H3,(H,26,31)/t24-/m1/s1. The molecular weight excluding hydrogens is 406 g/mol. The third kappa shape index (κ3) is 4.54. The fourth-order valence-corrected chi connectivity index (χ4v) is 4.22. The molecule has 1 aromatic carbocycles. The summed E-state index contributed by atoms with van der Waals surface area (Å²) >= 11 is 0. The van der Waals surface area contributed by atoms with Gasteiger partial charge in [-0.15, -0.1) is 0 Å². The van der Waals surface area contributed by atoms with Crippen molar-refractivity contribution in [3.63, 3.8) is 0 Å². The van der Waals surface area contributed by atoms with E-state index in [1.165, 1.54) is 24.2 Å². The topological polar surface area (TPSA) is 101 Å². The van der Waals surface area contributed by atoms with Gasteiger partial charge in [-0.2, -0.15) is 0 Å². The van der Waals surface area contributed by atoms with E-state index in [1.54, 1.807) is 4.90 Å². The highest BCUT2D eigenvalue weighted by Gasteiger charge is 2.44. The quantitative estimate of drug-likeness (QED) is 0.641. The zero-order valence-electron chi connectivity index (χ0n) is 18.4. The lowest BCUT2D eigenvalue weighted by molar-refractivity contribution is -0.134. The first-order valence-corrected chi connectivity index (χ1v) is 10.9. The van der Waals surface area contributed by atoms with E-state index in [1.807, 2.05) is 44.2 Å². The van der Waals surface area contributed by atoms with E-state index >= 15 is 0 Å². The first kappa shape index (κ1) is 21.7. The molecule has 8 nitrogen and oxygen atoms in total. The van der Waals surface area contributed by atoms with E-state index in [0.29, 0.717) is 38.1 Å². The lowest BCUT2D eigenvalue weighted by Crippen LogP contribution is -2.54. The number of amides is 2. The average Bonchev–Trinajstić information content (AvgIpc) is 3.28. The van der Waals surface area contributed by atoms with Crippen molar-refractivity contribution in [2.24, 2.45) is 5.41 Å². The molecule has 1 atom stereocenters. The number of aryl methyl sites for hydroxylation is 1. The number of carbonyl (C=O) groups is 2. The van der Waals surface area contributed by atoms with Crippen LogP contribution < -0.4 is 5.32 Å². The molecule has 1 fully saturated rings. The summed E-state index contributed by atoms with van der Waals surface area (Å²) in [6.07, 6.45) is 6.21. The van der Waals surface area contributed by atoms with Gasteiger partial charge in [0, 0.05) is 50.1 Å². The van der Waals surface area contributed by atoms with Crippen LogP contribution in [0.5, 0.6) is 0 Å². The molecule has 1 aliphatic heterocycles. The maximum absolute atomic E-state index is 13.2. The van der Waals surface area contributed by atoms with Gasteiger partial charge in [-0.25, -0.2) is 4.98 Å². The van der Waals surface area contributed by atoms with Crippen LogP contribution in [0, 0.1) is 12.3 Å². The van der Waals surface area contributed by atoms with Gasteiger partial charge in [0.25, 0.3) is 5.91 Å². The Bertz CT molecular complexity index is 1080. The van der Waals surface area contributed by atoms with Gasteiger partial charge < -0.3 is 14.7 Å². The fraction of sp³-hybridized carbons (Fsp3) is 0.375. The van der Waals surface area contributed by atoms with Gasteiger partial charge in [0.2, 0.25) is 5.91 Å². The summed E-state index contributed by atoms with van der Waals surface area (Å²) in [5.41, 5.74) is 2.34. The van der Waals surface area contributed by atoms with Crippen molar-refractivity contribution >= 4 is 11.8 Å². The number of likely N-dealkylation sites (tertiary alicyclic amines) is 1. The van der Waals surface area contributed by atoms with E-state index in [0.717, 1.165) is 11.3 Å². The molecule has 0 saturated carbocycles. The van der Waals surface area contributed by atoms with Gasteiger partial charge in [0.15, 0.2) is 0 Å². The Labute approximate surface area is 187 Å². The second-order valence-corrected chi connectivity index (χ2v) is 8.28. The highest BCUT2D eigenvalue weighted by atomic mass is 16.5. The summed E-state index contributed by atoms with van der Waals surface area (Å²) in [4.78, 5) is 36.0. The summed E-state index contributed by atoms with van der Waals surface area (Å²) in [5.74, 6) is 0.329. The first-order chi connectivity index (χ1) is 15.5. The minimum absolute atomic E-state index is 0.0788. The van der Waals surface area contributed by atoms with Gasteiger partial charge in [-0.1, -0.05) is 35.0 Å². The molecule has 3 aromatic rings. The SMILES string of the molecule is CCNC(=O)[C@@]1(Cc2cc(-c3ccc(C)cc3)no2)CCCN(C(=O)c2cnccn2)C1. The molecule has 1 aliphatic rings. The van der Waals surface area contributed by atoms with Gasteiger partial charge in [-0.3, -0.25) is 14.6 Å². The molecule has 0 unspecified atom stereocenters. The molecular formula is C24H27N5O3. The Hall–Kier alpha value is -3.55. The number of hydrogen-bond donors (Lipinski definition) is 1. The number of hydrogen-bond acceptors (Lipinski definition) is 6. The number of nitrogens with one attached hydrogen (secondary N) is 1. The third-order valence-electron chi connectivity index (χ3n) is 5.88. The molecule has 3 heterocycles. The lowest BCUT2D eigenvalue weighted by Gasteiger charge is -2.41. The zero-order valence-corrected chi connectivity index (χ0v) is 18.4. The Kier molecular flexibility index (Phi) is 6.30. The van der Waals surface area contributed by atoms with Crippen LogP contribution in [-0.4, -0.2) is 51.5 Å². The van der Waals surface area contributed by atoms with Crippen molar-refractivity contribution in [3.8, 4) is 11.3 Å². The third-order valence-corrected chi connectivity index (χ3v) is 5.88. The monoisotopic (exact) mass is 433 g/mol. The van der Waals surface area contributed by atoms with Crippen LogP contribution in [0.3, 0.4) is 0 Å². The van der Waals surface area contributed by atoms with Crippen LogP contribution in [-0.2, 0) is 11.2 Å². The van der Waals surface area contributed by atoms with Crippen molar-refractivity contribution in [3.05, 3.63) is 65.9 Å². The van der Waals surface area contributed by atoms with Crippen LogP contribution in [0.15, 0.2) is 53.4 Å². The molecule has 0 aliphatic carbocycles. The summed E-state index contributed by atoms with van der Waals surface area (Å²) < 4.78 is 5.63. The van der Waals surface area contributed by atoms with Crippen LogP contribution in [0.2, 0.25) is 0 Å².